The lowest BCUT2D eigenvalue weighted by molar-refractivity contribution is -0.139. The molecular formula is C32H37N3O6. The maximum Gasteiger partial charge on any atom is 0.295 e. The molecular weight excluding hydrogens is 522 g/mol. The van der Waals surface area contributed by atoms with Crippen molar-refractivity contribution in [2.24, 2.45) is 0 Å². The number of carbonyl (C=O) groups excluding carboxylic acids is 2. The highest BCUT2D eigenvalue weighted by Crippen LogP contribution is 2.43. The van der Waals surface area contributed by atoms with Crippen LogP contribution >= 0.6 is 0 Å². The first-order chi connectivity index (χ1) is 19.9. The van der Waals surface area contributed by atoms with Gasteiger partial charge in [0.15, 0.2) is 11.5 Å². The summed E-state index contributed by atoms with van der Waals surface area (Å²) in [5, 5.41) is 11.6. The van der Waals surface area contributed by atoms with Gasteiger partial charge in [-0.3, -0.25) is 9.59 Å². The van der Waals surface area contributed by atoms with Gasteiger partial charge in [0.25, 0.3) is 11.7 Å². The molecule has 5 rings (SSSR count). The van der Waals surface area contributed by atoms with E-state index in [0.29, 0.717) is 61.8 Å². The summed E-state index contributed by atoms with van der Waals surface area (Å²) in [5.74, 6) is 0.366. The molecule has 1 aromatic heterocycles. The highest BCUT2D eigenvalue weighted by molar-refractivity contribution is 6.46. The number of imidazole rings is 1. The van der Waals surface area contributed by atoms with Gasteiger partial charge in [0, 0.05) is 37.5 Å². The molecule has 9 heteroatoms. The molecule has 3 aromatic rings. The Morgan fingerprint density at radius 1 is 1.07 bits per heavy atom. The maximum atomic E-state index is 13.5. The third-order valence-electron chi connectivity index (χ3n) is 7.42. The van der Waals surface area contributed by atoms with Gasteiger partial charge in [-0.2, -0.15) is 0 Å². The van der Waals surface area contributed by atoms with E-state index in [-0.39, 0.29) is 17.4 Å². The SMILES string of the molecule is CCCCOc1ccc(C2/C(=C(\O)c3ccc4c(c3)CC(C)O4)C(=O)C(=O)N2CCCn2ccnc2)cc1OCC. The molecule has 41 heavy (non-hydrogen) atoms. The van der Waals surface area contributed by atoms with Crippen LogP contribution in [-0.4, -0.2) is 57.1 Å². The fraction of sp³-hybridized carbons (Fsp3) is 0.406. The number of amides is 1. The Morgan fingerprint density at radius 3 is 2.68 bits per heavy atom. The summed E-state index contributed by atoms with van der Waals surface area (Å²) < 4.78 is 19.6. The zero-order valence-electron chi connectivity index (χ0n) is 23.8. The predicted molar refractivity (Wildman–Crippen MR) is 154 cm³/mol. The van der Waals surface area contributed by atoms with Crippen molar-refractivity contribution in [3.8, 4) is 17.2 Å². The van der Waals surface area contributed by atoms with E-state index < -0.39 is 17.7 Å². The lowest BCUT2D eigenvalue weighted by Gasteiger charge is -2.26. The van der Waals surface area contributed by atoms with Gasteiger partial charge >= 0.3 is 0 Å². The summed E-state index contributed by atoms with van der Waals surface area (Å²) in [6.45, 7) is 7.91. The molecule has 0 bridgehead atoms. The van der Waals surface area contributed by atoms with E-state index in [1.807, 2.05) is 48.9 Å². The summed E-state index contributed by atoms with van der Waals surface area (Å²) in [6.07, 6.45) is 8.54. The van der Waals surface area contributed by atoms with Gasteiger partial charge < -0.3 is 28.8 Å². The number of aryl methyl sites for hydroxylation is 1. The normalized spacial score (nSPS) is 19.3. The fourth-order valence-electron chi connectivity index (χ4n) is 5.43. The average Bonchev–Trinajstić information content (AvgIpc) is 3.68. The number of rotatable bonds is 12. The summed E-state index contributed by atoms with van der Waals surface area (Å²) in [7, 11) is 0. The average molecular weight is 560 g/mol. The molecule has 1 amide bonds. The Morgan fingerprint density at radius 2 is 1.93 bits per heavy atom. The van der Waals surface area contributed by atoms with E-state index in [1.165, 1.54) is 0 Å². The van der Waals surface area contributed by atoms with Crippen LogP contribution in [0.15, 0.2) is 60.7 Å². The van der Waals surface area contributed by atoms with Crippen molar-refractivity contribution in [1.82, 2.24) is 14.5 Å². The molecule has 9 nitrogen and oxygen atoms in total. The molecule has 0 aliphatic carbocycles. The Bertz CT molecular complexity index is 1430. The third kappa shape index (κ3) is 5.94. The Balaban J connectivity index is 1.54. The topological polar surface area (TPSA) is 103 Å². The summed E-state index contributed by atoms with van der Waals surface area (Å²) in [6, 6.07) is 10.1. The van der Waals surface area contributed by atoms with Crippen LogP contribution in [-0.2, 0) is 22.6 Å². The number of Topliss-reactive ketones (excluding diaryl/α,β-unsaturated/α-hetero) is 1. The number of ether oxygens (including phenoxy) is 3. The molecule has 1 N–H and O–H groups in total. The minimum atomic E-state index is -0.787. The van der Waals surface area contributed by atoms with Crippen molar-refractivity contribution in [2.45, 2.75) is 65.1 Å². The molecule has 3 heterocycles. The minimum absolute atomic E-state index is 0.0403. The number of carbonyl (C=O) groups is 2. The summed E-state index contributed by atoms with van der Waals surface area (Å²) in [5.41, 5.74) is 2.16. The smallest absolute Gasteiger partial charge is 0.295 e. The van der Waals surface area contributed by atoms with Gasteiger partial charge in [-0.05, 0) is 68.1 Å². The van der Waals surface area contributed by atoms with Crippen molar-refractivity contribution in [2.75, 3.05) is 19.8 Å². The van der Waals surface area contributed by atoms with Gasteiger partial charge in [0.05, 0.1) is 31.2 Å². The second-order valence-electron chi connectivity index (χ2n) is 10.4. The zero-order chi connectivity index (χ0) is 28.9. The van der Waals surface area contributed by atoms with Gasteiger partial charge in [-0.15, -0.1) is 0 Å². The number of likely N-dealkylation sites (tertiary alicyclic amines) is 1. The number of hydrogen-bond donors (Lipinski definition) is 1. The van der Waals surface area contributed by atoms with E-state index in [4.69, 9.17) is 14.2 Å². The Kier molecular flexibility index (Phi) is 8.61. The summed E-state index contributed by atoms with van der Waals surface area (Å²) >= 11 is 0. The molecule has 0 spiro atoms. The molecule has 216 valence electrons. The van der Waals surface area contributed by atoms with Crippen LogP contribution in [0.2, 0.25) is 0 Å². The van der Waals surface area contributed by atoms with Crippen molar-refractivity contribution in [3.63, 3.8) is 0 Å². The zero-order valence-corrected chi connectivity index (χ0v) is 23.8. The number of benzene rings is 2. The largest absolute Gasteiger partial charge is 0.507 e. The molecule has 1 saturated heterocycles. The number of hydrogen-bond acceptors (Lipinski definition) is 7. The highest BCUT2D eigenvalue weighted by Gasteiger charge is 2.46. The molecule has 2 aromatic carbocycles. The van der Waals surface area contributed by atoms with Crippen molar-refractivity contribution >= 4 is 17.4 Å². The minimum Gasteiger partial charge on any atom is -0.507 e. The lowest BCUT2D eigenvalue weighted by Crippen LogP contribution is -2.31. The first kappa shape index (κ1) is 28.3. The molecule has 2 unspecified atom stereocenters. The van der Waals surface area contributed by atoms with Gasteiger partial charge in [-0.25, -0.2) is 4.98 Å². The lowest BCUT2D eigenvalue weighted by atomic mass is 9.94. The van der Waals surface area contributed by atoms with Crippen LogP contribution in [0.5, 0.6) is 17.2 Å². The van der Waals surface area contributed by atoms with E-state index in [9.17, 15) is 14.7 Å². The third-order valence-corrected chi connectivity index (χ3v) is 7.42. The van der Waals surface area contributed by atoms with Crippen molar-refractivity contribution in [3.05, 3.63) is 77.4 Å². The molecule has 2 aliphatic rings. The van der Waals surface area contributed by atoms with Crippen LogP contribution in [0.3, 0.4) is 0 Å². The number of aliphatic hydroxyl groups excluding tert-OH is 1. The van der Waals surface area contributed by atoms with Crippen LogP contribution in [0.25, 0.3) is 5.76 Å². The standard InChI is InChI=1S/C32H37N3O6/c1-4-6-16-40-26-11-8-22(19-27(26)39-5-2)29-28(30(36)23-9-10-25-24(18-23)17-21(3)41-25)31(37)32(38)35(29)14-7-13-34-15-12-33-20-34/h8-12,15,18-21,29,36H,4-7,13-14,16-17H2,1-3H3/b30-28+. The van der Waals surface area contributed by atoms with Crippen molar-refractivity contribution < 1.29 is 28.9 Å². The van der Waals surface area contributed by atoms with E-state index in [2.05, 4.69) is 11.9 Å². The second-order valence-corrected chi connectivity index (χ2v) is 10.4. The summed E-state index contributed by atoms with van der Waals surface area (Å²) in [4.78, 5) is 32.6. The number of fused-ring (bicyclic) bond motifs is 1. The van der Waals surface area contributed by atoms with Crippen molar-refractivity contribution in [1.29, 1.82) is 0 Å². The highest BCUT2D eigenvalue weighted by atomic mass is 16.5. The Labute approximate surface area is 240 Å². The van der Waals surface area contributed by atoms with Gasteiger partial charge in [-0.1, -0.05) is 19.4 Å². The maximum absolute atomic E-state index is 13.5. The van der Waals surface area contributed by atoms with Crippen LogP contribution in [0.4, 0.5) is 0 Å². The van der Waals surface area contributed by atoms with Crippen LogP contribution < -0.4 is 14.2 Å². The first-order valence-corrected chi connectivity index (χ1v) is 14.3. The molecule has 1 fully saturated rings. The number of nitrogens with zero attached hydrogens (tertiary/aromatic N) is 3. The second kappa shape index (κ2) is 12.5. The number of aliphatic hydroxyl groups is 1. The molecule has 2 atom stereocenters. The van der Waals surface area contributed by atoms with E-state index in [1.54, 1.807) is 29.6 Å². The Hall–Kier alpha value is -4.27. The first-order valence-electron chi connectivity index (χ1n) is 14.3. The molecule has 0 saturated carbocycles. The quantitative estimate of drug-likeness (QED) is 0.139. The number of aromatic nitrogens is 2. The molecule has 2 aliphatic heterocycles. The van der Waals surface area contributed by atoms with Gasteiger partial charge in [0.2, 0.25) is 0 Å². The van der Waals surface area contributed by atoms with Gasteiger partial charge in [0.1, 0.15) is 17.6 Å². The van der Waals surface area contributed by atoms with E-state index in [0.717, 1.165) is 24.2 Å². The number of ketones is 1. The van der Waals surface area contributed by atoms with E-state index >= 15 is 0 Å². The fourth-order valence-corrected chi connectivity index (χ4v) is 5.43. The van der Waals surface area contributed by atoms with Crippen LogP contribution in [0, 0.1) is 0 Å². The monoisotopic (exact) mass is 559 g/mol. The molecule has 0 radical (unpaired) electrons. The van der Waals surface area contributed by atoms with Crippen LogP contribution in [0.1, 0.15) is 62.8 Å². The number of unbranched alkanes of at least 4 members (excludes halogenated alkanes) is 1. The predicted octanol–water partition coefficient (Wildman–Crippen LogP) is 5.30.